The van der Waals surface area contributed by atoms with Crippen LogP contribution in [0, 0.1) is 0 Å². The number of piperidine rings is 1. The van der Waals surface area contributed by atoms with Crippen molar-refractivity contribution in [1.82, 2.24) is 4.90 Å². The Morgan fingerprint density at radius 2 is 1.78 bits per heavy atom. The molecular formula is C21H18ClNO4. The van der Waals surface area contributed by atoms with E-state index in [0.717, 1.165) is 11.1 Å². The van der Waals surface area contributed by atoms with Crippen LogP contribution in [-0.4, -0.2) is 30.0 Å². The number of rotatable bonds is 3. The van der Waals surface area contributed by atoms with Crippen molar-refractivity contribution in [2.45, 2.75) is 18.9 Å². The second kappa shape index (κ2) is 7.45. The van der Waals surface area contributed by atoms with Gasteiger partial charge in [-0.3, -0.25) is 4.79 Å². The molecule has 5 nitrogen and oxygen atoms in total. The zero-order chi connectivity index (χ0) is 18.8. The van der Waals surface area contributed by atoms with Crippen LogP contribution in [-0.2, 0) is 0 Å². The van der Waals surface area contributed by atoms with E-state index in [1.165, 1.54) is 0 Å². The second-order valence-corrected chi connectivity index (χ2v) is 6.99. The van der Waals surface area contributed by atoms with Gasteiger partial charge in [0.25, 0.3) is 5.91 Å². The number of benzene rings is 2. The Morgan fingerprint density at radius 3 is 2.52 bits per heavy atom. The molecule has 3 aromatic rings. The number of hydrogen-bond donors (Lipinski definition) is 0. The van der Waals surface area contributed by atoms with Gasteiger partial charge in [-0.05, 0) is 36.4 Å². The molecule has 1 saturated heterocycles. The van der Waals surface area contributed by atoms with Gasteiger partial charge in [0.1, 0.15) is 23.0 Å². The zero-order valence-electron chi connectivity index (χ0n) is 14.6. The van der Waals surface area contributed by atoms with E-state index in [1.807, 2.05) is 24.3 Å². The number of halogens is 1. The molecule has 1 aromatic heterocycles. The fourth-order valence-electron chi connectivity index (χ4n) is 3.26. The molecule has 0 bridgehead atoms. The topological polar surface area (TPSA) is 59.8 Å². The van der Waals surface area contributed by atoms with Crippen LogP contribution >= 0.6 is 11.6 Å². The highest BCUT2D eigenvalue weighted by atomic mass is 35.5. The summed E-state index contributed by atoms with van der Waals surface area (Å²) in [5, 5.41) is 1.40. The van der Waals surface area contributed by atoms with Crippen molar-refractivity contribution in [3.63, 3.8) is 0 Å². The Hall–Kier alpha value is -2.79. The normalized spacial score (nSPS) is 15.1. The maximum Gasteiger partial charge on any atom is 0.349 e. The first-order valence-electron chi connectivity index (χ1n) is 8.84. The molecule has 0 atom stereocenters. The molecule has 1 aliphatic heterocycles. The van der Waals surface area contributed by atoms with Crippen molar-refractivity contribution >= 4 is 28.5 Å². The van der Waals surface area contributed by atoms with Gasteiger partial charge in [0.15, 0.2) is 0 Å². The van der Waals surface area contributed by atoms with Gasteiger partial charge in [-0.15, -0.1) is 0 Å². The van der Waals surface area contributed by atoms with Crippen LogP contribution in [0.4, 0.5) is 0 Å². The molecule has 2 heterocycles. The fraction of sp³-hybridized carbons (Fsp3) is 0.238. The number of carbonyl (C=O) groups is 1. The molecule has 138 valence electrons. The molecule has 1 amide bonds. The summed E-state index contributed by atoms with van der Waals surface area (Å²) in [5.74, 6) is 0.471. The molecule has 0 aliphatic carbocycles. The van der Waals surface area contributed by atoms with Crippen molar-refractivity contribution in [3.05, 3.63) is 75.6 Å². The van der Waals surface area contributed by atoms with E-state index in [-0.39, 0.29) is 17.6 Å². The first-order chi connectivity index (χ1) is 13.1. The zero-order valence-corrected chi connectivity index (χ0v) is 15.3. The van der Waals surface area contributed by atoms with Crippen molar-refractivity contribution in [2.24, 2.45) is 0 Å². The number of carbonyl (C=O) groups excluding carboxylic acids is 1. The van der Waals surface area contributed by atoms with Crippen LogP contribution < -0.4 is 10.4 Å². The van der Waals surface area contributed by atoms with Crippen LogP contribution in [0.5, 0.6) is 5.75 Å². The summed E-state index contributed by atoms with van der Waals surface area (Å²) in [6.45, 7) is 1.06. The molecule has 0 radical (unpaired) electrons. The molecule has 0 saturated carbocycles. The standard InChI is InChI=1S/C21H18ClNO4/c22-15-5-7-16(8-6-15)26-17-9-11-23(12-10-17)20(24)18-13-14-3-1-2-4-19(14)27-21(18)25/h1-8,13,17H,9-12H2. The Kier molecular flexibility index (Phi) is 4.86. The Labute approximate surface area is 161 Å². The van der Waals surface area contributed by atoms with Gasteiger partial charge < -0.3 is 14.1 Å². The predicted molar refractivity (Wildman–Crippen MR) is 103 cm³/mol. The van der Waals surface area contributed by atoms with Gasteiger partial charge in [0.2, 0.25) is 0 Å². The Morgan fingerprint density at radius 1 is 1.07 bits per heavy atom. The minimum atomic E-state index is -0.599. The maximum absolute atomic E-state index is 12.8. The number of amides is 1. The van der Waals surface area contributed by atoms with Gasteiger partial charge in [-0.2, -0.15) is 0 Å². The minimum absolute atomic E-state index is 0.0308. The summed E-state index contributed by atoms with van der Waals surface area (Å²) in [6.07, 6.45) is 1.43. The van der Waals surface area contributed by atoms with Crippen LogP contribution in [0.1, 0.15) is 23.2 Å². The van der Waals surface area contributed by atoms with Crippen LogP contribution in [0.15, 0.2) is 63.8 Å². The van der Waals surface area contributed by atoms with Crippen molar-refractivity contribution in [2.75, 3.05) is 13.1 Å². The highest BCUT2D eigenvalue weighted by Gasteiger charge is 2.26. The third-order valence-corrected chi connectivity index (χ3v) is 4.97. The number of likely N-dealkylation sites (tertiary alicyclic amines) is 1. The Bertz CT molecular complexity index is 1020. The smallest absolute Gasteiger partial charge is 0.349 e. The monoisotopic (exact) mass is 383 g/mol. The van der Waals surface area contributed by atoms with Gasteiger partial charge in [-0.1, -0.05) is 29.8 Å². The average Bonchev–Trinajstić information content (AvgIpc) is 2.69. The third-order valence-electron chi connectivity index (χ3n) is 4.72. The predicted octanol–water partition coefficient (Wildman–Crippen LogP) is 4.13. The van der Waals surface area contributed by atoms with E-state index in [0.29, 0.717) is 36.5 Å². The largest absolute Gasteiger partial charge is 0.490 e. The molecular weight excluding hydrogens is 366 g/mol. The number of ether oxygens (including phenoxy) is 1. The van der Waals surface area contributed by atoms with E-state index in [9.17, 15) is 9.59 Å². The second-order valence-electron chi connectivity index (χ2n) is 6.55. The molecule has 27 heavy (non-hydrogen) atoms. The molecule has 6 heteroatoms. The van der Waals surface area contributed by atoms with E-state index >= 15 is 0 Å². The van der Waals surface area contributed by atoms with Crippen molar-refractivity contribution in [3.8, 4) is 5.75 Å². The molecule has 2 aromatic carbocycles. The van der Waals surface area contributed by atoms with Crippen LogP contribution in [0.3, 0.4) is 0 Å². The number of nitrogens with zero attached hydrogens (tertiary/aromatic N) is 1. The maximum atomic E-state index is 12.8. The van der Waals surface area contributed by atoms with Gasteiger partial charge >= 0.3 is 5.63 Å². The average molecular weight is 384 g/mol. The summed E-state index contributed by atoms with van der Waals surface area (Å²) >= 11 is 5.88. The van der Waals surface area contributed by atoms with Gasteiger partial charge in [0, 0.05) is 36.3 Å². The van der Waals surface area contributed by atoms with Crippen LogP contribution in [0.2, 0.25) is 5.02 Å². The number of para-hydroxylation sites is 1. The van der Waals surface area contributed by atoms with Crippen molar-refractivity contribution < 1.29 is 13.9 Å². The molecule has 0 N–H and O–H groups in total. The quantitative estimate of drug-likeness (QED) is 0.638. The third kappa shape index (κ3) is 3.83. The van der Waals surface area contributed by atoms with Crippen molar-refractivity contribution in [1.29, 1.82) is 0 Å². The molecule has 1 aliphatic rings. The SMILES string of the molecule is O=C(c1cc2ccccc2oc1=O)N1CCC(Oc2ccc(Cl)cc2)CC1. The first-order valence-corrected chi connectivity index (χ1v) is 9.22. The lowest BCUT2D eigenvalue weighted by Gasteiger charge is -2.32. The summed E-state index contributed by atoms with van der Waals surface area (Å²) in [5.41, 5.74) is -0.0434. The highest BCUT2D eigenvalue weighted by Crippen LogP contribution is 2.22. The summed E-state index contributed by atoms with van der Waals surface area (Å²) in [4.78, 5) is 26.7. The van der Waals surface area contributed by atoms with E-state index in [1.54, 1.807) is 35.2 Å². The van der Waals surface area contributed by atoms with Crippen LogP contribution in [0.25, 0.3) is 11.0 Å². The van der Waals surface area contributed by atoms with Gasteiger partial charge in [-0.25, -0.2) is 4.79 Å². The van der Waals surface area contributed by atoms with E-state index in [2.05, 4.69) is 0 Å². The molecule has 0 spiro atoms. The Balaban J connectivity index is 1.43. The first kappa shape index (κ1) is 17.6. The minimum Gasteiger partial charge on any atom is -0.490 e. The van der Waals surface area contributed by atoms with E-state index < -0.39 is 5.63 Å². The fourth-order valence-corrected chi connectivity index (χ4v) is 3.39. The number of fused-ring (bicyclic) bond motifs is 1. The molecule has 1 fully saturated rings. The lowest BCUT2D eigenvalue weighted by atomic mass is 10.1. The lowest BCUT2D eigenvalue weighted by Crippen LogP contribution is -2.43. The molecule has 4 rings (SSSR count). The molecule has 0 unspecified atom stereocenters. The summed E-state index contributed by atoms with van der Waals surface area (Å²) in [7, 11) is 0. The highest BCUT2D eigenvalue weighted by molar-refractivity contribution is 6.30. The van der Waals surface area contributed by atoms with E-state index in [4.69, 9.17) is 20.8 Å². The lowest BCUT2D eigenvalue weighted by molar-refractivity contribution is 0.0592. The summed E-state index contributed by atoms with van der Waals surface area (Å²) < 4.78 is 11.2. The number of hydrogen-bond acceptors (Lipinski definition) is 4. The summed E-state index contributed by atoms with van der Waals surface area (Å²) in [6, 6.07) is 16.0. The van der Waals surface area contributed by atoms with Gasteiger partial charge in [0.05, 0.1) is 0 Å².